The van der Waals surface area contributed by atoms with Gasteiger partial charge in [0.2, 0.25) is 0 Å². The van der Waals surface area contributed by atoms with E-state index in [0.29, 0.717) is 17.4 Å². The van der Waals surface area contributed by atoms with Gasteiger partial charge in [0.25, 0.3) is 0 Å². The summed E-state index contributed by atoms with van der Waals surface area (Å²) in [6.45, 7) is 4.77. The molecule has 0 fully saturated rings. The first-order chi connectivity index (χ1) is 13.5. The van der Waals surface area contributed by atoms with Crippen molar-refractivity contribution in [2.75, 3.05) is 7.11 Å². The van der Waals surface area contributed by atoms with Crippen molar-refractivity contribution in [3.63, 3.8) is 0 Å². The van der Waals surface area contributed by atoms with Gasteiger partial charge < -0.3 is 9.30 Å². The van der Waals surface area contributed by atoms with Crippen LogP contribution >= 0.6 is 23.4 Å². The molecule has 0 aliphatic carbocycles. The lowest BCUT2D eigenvalue weighted by Crippen LogP contribution is -2.12. The van der Waals surface area contributed by atoms with Crippen LogP contribution in [-0.2, 0) is 22.5 Å². The van der Waals surface area contributed by atoms with Crippen molar-refractivity contribution in [1.29, 1.82) is 0 Å². The van der Waals surface area contributed by atoms with Gasteiger partial charge in [-0.1, -0.05) is 49.3 Å². The Kier molecular flexibility index (Phi) is 6.75. The van der Waals surface area contributed by atoms with Crippen LogP contribution in [0.3, 0.4) is 0 Å². The second-order valence-electron chi connectivity index (χ2n) is 6.63. The number of ether oxygens (including phenoxy) is 1. The molecule has 0 amide bonds. The van der Waals surface area contributed by atoms with E-state index in [1.165, 1.54) is 7.11 Å². The van der Waals surface area contributed by atoms with E-state index < -0.39 is 0 Å². The van der Waals surface area contributed by atoms with E-state index in [1.54, 1.807) is 18.0 Å². The monoisotopic (exact) mass is 415 g/mol. The molecular weight excluding hydrogens is 394 g/mol. The minimum Gasteiger partial charge on any atom is -0.469 e. The summed E-state index contributed by atoms with van der Waals surface area (Å²) in [6.07, 6.45) is 3.69. The minimum atomic E-state index is -0.313. The highest BCUT2D eigenvalue weighted by atomic mass is 35.5. The molecule has 5 nitrogen and oxygen atoms in total. The fourth-order valence-corrected chi connectivity index (χ4v) is 4.28. The van der Waals surface area contributed by atoms with Crippen LogP contribution in [0, 0.1) is 0 Å². The van der Waals surface area contributed by atoms with Crippen LogP contribution < -0.4 is 0 Å². The van der Waals surface area contributed by atoms with Crippen LogP contribution in [0.1, 0.15) is 36.8 Å². The van der Waals surface area contributed by atoms with E-state index in [9.17, 15) is 4.79 Å². The number of hydrogen-bond acceptors (Lipinski definition) is 5. The second kappa shape index (κ2) is 9.26. The van der Waals surface area contributed by atoms with Gasteiger partial charge in [-0.2, -0.15) is 0 Å². The molecule has 0 bridgehead atoms. The van der Waals surface area contributed by atoms with Gasteiger partial charge in [-0.05, 0) is 35.7 Å². The number of benzene rings is 1. The zero-order valence-corrected chi connectivity index (χ0v) is 17.6. The number of imidazole rings is 1. The normalized spacial score (nSPS) is 11.0. The summed E-state index contributed by atoms with van der Waals surface area (Å²) in [4.78, 5) is 22.0. The highest BCUT2D eigenvalue weighted by Gasteiger charge is 2.22. The van der Waals surface area contributed by atoms with Crippen LogP contribution in [0.15, 0.2) is 58.7 Å². The third-order valence-corrected chi connectivity index (χ3v) is 5.52. The zero-order valence-electron chi connectivity index (χ0n) is 16.1. The number of hydrogen-bond donors (Lipinski definition) is 0. The Morgan fingerprint density at radius 1 is 1.29 bits per heavy atom. The molecule has 146 valence electrons. The van der Waals surface area contributed by atoms with E-state index in [2.05, 4.69) is 23.4 Å². The summed E-state index contributed by atoms with van der Waals surface area (Å²) in [5.41, 5.74) is 1.99. The van der Waals surface area contributed by atoms with Gasteiger partial charge >= 0.3 is 5.97 Å². The summed E-state index contributed by atoms with van der Waals surface area (Å²) in [6, 6.07) is 11.6. The lowest BCUT2D eigenvalue weighted by Gasteiger charge is -2.13. The van der Waals surface area contributed by atoms with Gasteiger partial charge in [-0.15, -0.1) is 0 Å². The Hall–Kier alpha value is -2.31. The van der Waals surface area contributed by atoms with Crippen LogP contribution in [-0.4, -0.2) is 27.6 Å². The Morgan fingerprint density at radius 2 is 2.11 bits per heavy atom. The fourth-order valence-electron chi connectivity index (χ4n) is 2.80. The molecule has 0 atom stereocenters. The average Bonchev–Trinajstić information content (AvgIpc) is 3.00. The van der Waals surface area contributed by atoms with Crippen molar-refractivity contribution < 1.29 is 9.53 Å². The summed E-state index contributed by atoms with van der Waals surface area (Å²) in [5.74, 6) is 0.573. The number of aromatic nitrogens is 3. The number of nitrogens with zero attached hydrogens (tertiary/aromatic N) is 3. The molecular formula is C21H22ClN3O2S. The Balaban J connectivity index is 2.08. The first-order valence-electron chi connectivity index (χ1n) is 8.96. The highest BCUT2D eigenvalue weighted by Crippen LogP contribution is 2.36. The average molecular weight is 416 g/mol. The molecule has 3 rings (SSSR count). The van der Waals surface area contributed by atoms with Crippen molar-refractivity contribution >= 4 is 29.3 Å². The molecule has 0 radical (unpaired) electrons. The molecule has 0 aliphatic rings. The molecule has 1 aromatic carbocycles. The van der Waals surface area contributed by atoms with Crippen molar-refractivity contribution in [3.05, 3.63) is 70.9 Å². The number of halogens is 1. The van der Waals surface area contributed by atoms with Crippen molar-refractivity contribution in [1.82, 2.24) is 14.5 Å². The molecule has 0 saturated heterocycles. The largest absolute Gasteiger partial charge is 0.469 e. The van der Waals surface area contributed by atoms with E-state index in [4.69, 9.17) is 21.3 Å². The molecule has 0 spiro atoms. The first kappa shape index (κ1) is 20.4. The van der Waals surface area contributed by atoms with Crippen LogP contribution in [0.2, 0.25) is 5.02 Å². The van der Waals surface area contributed by atoms with Crippen LogP contribution in [0.5, 0.6) is 0 Å². The first-order valence-corrected chi connectivity index (χ1v) is 10.2. The number of esters is 1. The zero-order chi connectivity index (χ0) is 20.1. The fraction of sp³-hybridized carbons (Fsp3) is 0.286. The van der Waals surface area contributed by atoms with E-state index in [0.717, 1.165) is 21.2 Å². The molecule has 2 aromatic heterocycles. The molecule has 0 aliphatic heterocycles. The molecule has 0 unspecified atom stereocenters. The predicted molar refractivity (Wildman–Crippen MR) is 111 cm³/mol. The van der Waals surface area contributed by atoms with Crippen LogP contribution in [0.25, 0.3) is 0 Å². The molecule has 2 heterocycles. The Labute approximate surface area is 174 Å². The number of rotatable bonds is 7. The smallest absolute Gasteiger partial charge is 0.313 e. The Bertz CT molecular complexity index is 958. The van der Waals surface area contributed by atoms with Gasteiger partial charge in [-0.25, -0.2) is 4.98 Å². The summed E-state index contributed by atoms with van der Waals surface area (Å²) in [5, 5.41) is 1.68. The van der Waals surface area contributed by atoms with Gasteiger partial charge in [-0.3, -0.25) is 9.78 Å². The maximum absolute atomic E-state index is 12.0. The highest BCUT2D eigenvalue weighted by molar-refractivity contribution is 7.99. The van der Waals surface area contributed by atoms with Gasteiger partial charge in [0.15, 0.2) is 0 Å². The predicted octanol–water partition coefficient (Wildman–Crippen LogP) is 4.97. The third-order valence-electron chi connectivity index (χ3n) is 4.18. The lowest BCUT2D eigenvalue weighted by molar-refractivity contribution is -0.139. The Morgan fingerprint density at radius 3 is 2.75 bits per heavy atom. The van der Waals surface area contributed by atoms with Gasteiger partial charge in [0.1, 0.15) is 17.3 Å². The topological polar surface area (TPSA) is 57.0 Å². The summed E-state index contributed by atoms with van der Waals surface area (Å²) >= 11 is 7.77. The number of methoxy groups -OCH3 is 1. The molecule has 7 heteroatoms. The van der Waals surface area contributed by atoms with E-state index in [1.807, 2.05) is 42.6 Å². The number of carbonyl (C=O) groups excluding carboxylic acids is 1. The third kappa shape index (κ3) is 4.94. The lowest BCUT2D eigenvalue weighted by atomic mass is 10.1. The molecule has 28 heavy (non-hydrogen) atoms. The van der Waals surface area contributed by atoms with Gasteiger partial charge in [0.05, 0.1) is 19.3 Å². The quantitative estimate of drug-likeness (QED) is 0.510. The number of carbonyl (C=O) groups is 1. The van der Waals surface area contributed by atoms with Gasteiger partial charge in [0, 0.05) is 22.3 Å². The standard InChI is InChI=1S/C21H22ClN3O2S/c1-14(2)20-21(28-17-8-4-7-16(22)10-17)25(13-15-6-5-9-23-12-15)18(24-20)11-19(26)27-3/h4-10,12,14H,11,13H2,1-3H3. The molecule has 3 aromatic rings. The van der Waals surface area contributed by atoms with E-state index >= 15 is 0 Å². The SMILES string of the molecule is COC(=O)Cc1nc(C(C)C)c(Sc2cccc(Cl)c2)n1Cc1cccnc1. The number of pyridine rings is 1. The summed E-state index contributed by atoms with van der Waals surface area (Å²) in [7, 11) is 1.39. The van der Waals surface area contributed by atoms with Crippen molar-refractivity contribution in [2.24, 2.45) is 0 Å². The maximum atomic E-state index is 12.0. The van der Waals surface area contributed by atoms with E-state index in [-0.39, 0.29) is 18.3 Å². The second-order valence-corrected chi connectivity index (χ2v) is 8.13. The van der Waals surface area contributed by atoms with Crippen molar-refractivity contribution in [2.45, 2.75) is 42.7 Å². The molecule has 0 N–H and O–H groups in total. The van der Waals surface area contributed by atoms with Crippen molar-refractivity contribution in [3.8, 4) is 0 Å². The van der Waals surface area contributed by atoms with Crippen LogP contribution in [0.4, 0.5) is 0 Å². The summed E-state index contributed by atoms with van der Waals surface area (Å²) < 4.78 is 6.95. The molecule has 0 saturated carbocycles. The maximum Gasteiger partial charge on any atom is 0.313 e. The minimum absolute atomic E-state index is 0.118.